The van der Waals surface area contributed by atoms with Crippen molar-refractivity contribution in [1.29, 1.82) is 0 Å². The van der Waals surface area contributed by atoms with Gasteiger partial charge in [0, 0.05) is 13.2 Å². The van der Waals surface area contributed by atoms with Gasteiger partial charge in [-0.1, -0.05) is 25.1 Å². The molecule has 0 spiro atoms. The van der Waals surface area contributed by atoms with Gasteiger partial charge >= 0.3 is 5.69 Å². The maximum atomic E-state index is 12.9. The van der Waals surface area contributed by atoms with E-state index >= 15 is 0 Å². The van der Waals surface area contributed by atoms with E-state index in [-0.39, 0.29) is 24.2 Å². The number of fused-ring (bicyclic) bond motifs is 3. The molecule has 2 heterocycles. The zero-order valence-electron chi connectivity index (χ0n) is 14.7. The number of methoxy groups -OCH3 is 1. The molecular formula is C18H22N4O3. The van der Waals surface area contributed by atoms with Crippen LogP contribution in [-0.4, -0.2) is 39.8 Å². The monoisotopic (exact) mass is 342 g/mol. The summed E-state index contributed by atoms with van der Waals surface area (Å²) in [5, 5.41) is 8.35. The Kier molecular flexibility index (Phi) is 4.85. The van der Waals surface area contributed by atoms with E-state index in [1.54, 1.807) is 4.40 Å². The highest BCUT2D eigenvalue weighted by Gasteiger charge is 2.17. The molecule has 25 heavy (non-hydrogen) atoms. The number of rotatable bonds is 6. The third-order valence-corrected chi connectivity index (χ3v) is 4.27. The van der Waals surface area contributed by atoms with E-state index in [0.29, 0.717) is 18.6 Å². The Morgan fingerprint density at radius 1 is 1.36 bits per heavy atom. The molecule has 0 aliphatic heterocycles. The van der Waals surface area contributed by atoms with Crippen LogP contribution in [0.2, 0.25) is 0 Å². The largest absolute Gasteiger partial charge is 0.375 e. The summed E-state index contributed by atoms with van der Waals surface area (Å²) >= 11 is 0. The summed E-state index contributed by atoms with van der Waals surface area (Å²) in [5.74, 6) is -0.201. The quantitative estimate of drug-likeness (QED) is 0.736. The van der Waals surface area contributed by atoms with Gasteiger partial charge in [-0.2, -0.15) is 0 Å². The molecule has 0 fully saturated rings. The summed E-state index contributed by atoms with van der Waals surface area (Å²) in [5.41, 5.74) is 2.21. The van der Waals surface area contributed by atoms with Crippen molar-refractivity contribution in [3.63, 3.8) is 0 Å². The Hall–Kier alpha value is -2.67. The number of ether oxygens (including phenoxy) is 1. The number of carbonyl (C=O) groups excluding carboxylic acids is 1. The van der Waals surface area contributed by atoms with Gasteiger partial charge in [0.05, 0.1) is 12.1 Å². The van der Waals surface area contributed by atoms with Crippen LogP contribution in [0.5, 0.6) is 0 Å². The highest BCUT2D eigenvalue weighted by molar-refractivity contribution is 5.83. The summed E-state index contributed by atoms with van der Waals surface area (Å²) in [6, 6.07) is 9.58. The van der Waals surface area contributed by atoms with Gasteiger partial charge < -0.3 is 10.1 Å². The lowest BCUT2D eigenvalue weighted by Gasteiger charge is -2.15. The molecule has 0 aliphatic rings. The average Bonchev–Trinajstić information content (AvgIpc) is 2.92. The second kappa shape index (κ2) is 7.06. The molecule has 7 heteroatoms. The molecule has 1 atom stereocenters. The lowest BCUT2D eigenvalue weighted by molar-refractivity contribution is -0.125. The first kappa shape index (κ1) is 17.2. The number of benzene rings is 1. The van der Waals surface area contributed by atoms with Gasteiger partial charge in [0.2, 0.25) is 5.91 Å². The SMILES string of the molecule is CC[C@@H](Cn1nc2c(C)cc3ccccc3n2c1=O)NC(=O)COC. The lowest BCUT2D eigenvalue weighted by atomic mass is 10.1. The summed E-state index contributed by atoms with van der Waals surface area (Å²) in [7, 11) is 1.47. The molecule has 132 valence electrons. The van der Waals surface area contributed by atoms with Crippen molar-refractivity contribution in [2.45, 2.75) is 32.9 Å². The minimum Gasteiger partial charge on any atom is -0.375 e. The third-order valence-electron chi connectivity index (χ3n) is 4.27. The first-order chi connectivity index (χ1) is 12.0. The smallest absolute Gasteiger partial charge is 0.350 e. The lowest BCUT2D eigenvalue weighted by Crippen LogP contribution is -2.41. The van der Waals surface area contributed by atoms with Crippen molar-refractivity contribution in [3.8, 4) is 0 Å². The zero-order chi connectivity index (χ0) is 18.0. The van der Waals surface area contributed by atoms with Crippen LogP contribution >= 0.6 is 0 Å². The molecule has 1 aromatic carbocycles. The Morgan fingerprint density at radius 2 is 2.12 bits per heavy atom. The molecule has 0 saturated carbocycles. The van der Waals surface area contributed by atoms with Crippen molar-refractivity contribution in [2.24, 2.45) is 0 Å². The van der Waals surface area contributed by atoms with Crippen LogP contribution in [0, 0.1) is 6.92 Å². The molecule has 3 rings (SSSR count). The zero-order valence-corrected chi connectivity index (χ0v) is 14.7. The maximum Gasteiger partial charge on any atom is 0.350 e. The molecule has 1 amide bonds. The maximum absolute atomic E-state index is 12.9. The predicted molar refractivity (Wildman–Crippen MR) is 95.8 cm³/mol. The predicted octanol–water partition coefficient (Wildman–Crippen LogP) is 1.50. The van der Waals surface area contributed by atoms with Gasteiger partial charge in [-0.05, 0) is 36.4 Å². The highest BCUT2D eigenvalue weighted by atomic mass is 16.5. The van der Waals surface area contributed by atoms with Gasteiger partial charge in [-0.3, -0.25) is 4.79 Å². The molecule has 0 bridgehead atoms. The van der Waals surface area contributed by atoms with E-state index in [0.717, 1.165) is 16.5 Å². The van der Waals surface area contributed by atoms with Gasteiger partial charge in [-0.25, -0.2) is 13.9 Å². The fourth-order valence-electron chi connectivity index (χ4n) is 3.00. The van der Waals surface area contributed by atoms with Gasteiger partial charge in [0.1, 0.15) is 6.61 Å². The van der Waals surface area contributed by atoms with Crippen LogP contribution in [-0.2, 0) is 16.1 Å². The molecule has 0 radical (unpaired) electrons. The van der Waals surface area contributed by atoms with Crippen LogP contribution < -0.4 is 11.0 Å². The second-order valence-electron chi connectivity index (χ2n) is 6.12. The number of para-hydroxylation sites is 1. The number of hydrogen-bond acceptors (Lipinski definition) is 4. The summed E-state index contributed by atoms with van der Waals surface area (Å²) < 4.78 is 7.89. The average molecular weight is 342 g/mol. The van der Waals surface area contributed by atoms with E-state index < -0.39 is 0 Å². The van der Waals surface area contributed by atoms with Crippen LogP contribution in [0.4, 0.5) is 0 Å². The Morgan fingerprint density at radius 3 is 2.84 bits per heavy atom. The Balaban J connectivity index is 2.01. The third kappa shape index (κ3) is 3.28. The van der Waals surface area contributed by atoms with Crippen LogP contribution in [0.3, 0.4) is 0 Å². The van der Waals surface area contributed by atoms with E-state index in [4.69, 9.17) is 4.74 Å². The van der Waals surface area contributed by atoms with Gasteiger partial charge in [0.15, 0.2) is 5.65 Å². The summed E-state index contributed by atoms with van der Waals surface area (Å²) in [4.78, 5) is 24.6. The topological polar surface area (TPSA) is 77.6 Å². The number of pyridine rings is 1. The fraction of sp³-hybridized carbons (Fsp3) is 0.389. The molecular weight excluding hydrogens is 320 g/mol. The second-order valence-corrected chi connectivity index (χ2v) is 6.12. The molecule has 0 unspecified atom stereocenters. The van der Waals surface area contributed by atoms with Crippen molar-refractivity contribution in [2.75, 3.05) is 13.7 Å². The standard InChI is InChI=1S/C18H22N4O3/c1-4-14(19-16(23)11-25-3)10-21-18(24)22-15-8-6-5-7-13(15)9-12(2)17(22)20-21/h5-9,14H,4,10-11H2,1-3H3,(H,19,23)/t14-/m0/s1. The van der Waals surface area contributed by atoms with Crippen LogP contribution in [0.25, 0.3) is 16.6 Å². The first-order valence-electron chi connectivity index (χ1n) is 8.31. The van der Waals surface area contributed by atoms with E-state index in [1.807, 2.05) is 44.2 Å². The van der Waals surface area contributed by atoms with Gasteiger partial charge in [0.25, 0.3) is 0 Å². The first-order valence-corrected chi connectivity index (χ1v) is 8.31. The number of carbonyl (C=O) groups is 1. The van der Waals surface area contributed by atoms with Crippen LogP contribution in [0.15, 0.2) is 35.1 Å². The van der Waals surface area contributed by atoms with Gasteiger partial charge in [-0.15, -0.1) is 5.10 Å². The molecule has 3 aromatic rings. The molecule has 0 aliphatic carbocycles. The van der Waals surface area contributed by atoms with E-state index in [1.165, 1.54) is 11.8 Å². The number of hydrogen-bond donors (Lipinski definition) is 1. The molecule has 2 aromatic heterocycles. The minimum absolute atomic E-state index is 0.000308. The number of aryl methyl sites for hydroxylation is 1. The number of amides is 1. The fourth-order valence-corrected chi connectivity index (χ4v) is 3.00. The number of nitrogens with zero attached hydrogens (tertiary/aromatic N) is 3. The molecule has 0 saturated heterocycles. The molecule has 1 N–H and O–H groups in total. The highest BCUT2D eigenvalue weighted by Crippen LogP contribution is 2.18. The van der Waals surface area contributed by atoms with Crippen molar-refractivity contribution in [3.05, 3.63) is 46.4 Å². The summed E-state index contributed by atoms with van der Waals surface area (Å²) in [6.07, 6.45) is 0.690. The van der Waals surface area contributed by atoms with Crippen molar-refractivity contribution >= 4 is 22.5 Å². The van der Waals surface area contributed by atoms with Crippen LogP contribution in [0.1, 0.15) is 18.9 Å². The molecule has 7 nitrogen and oxygen atoms in total. The van der Waals surface area contributed by atoms with E-state index in [9.17, 15) is 9.59 Å². The van der Waals surface area contributed by atoms with E-state index in [2.05, 4.69) is 10.4 Å². The van der Waals surface area contributed by atoms with Crippen molar-refractivity contribution < 1.29 is 9.53 Å². The minimum atomic E-state index is -0.201. The van der Waals surface area contributed by atoms with Crippen molar-refractivity contribution in [1.82, 2.24) is 19.5 Å². The Bertz CT molecular complexity index is 974. The number of aromatic nitrogens is 3. The normalized spacial score (nSPS) is 12.6. The number of nitrogens with one attached hydrogen (secondary N) is 1. The summed E-state index contributed by atoms with van der Waals surface area (Å²) in [6.45, 7) is 4.22. The Labute approximate surface area is 145 Å².